The maximum atomic E-state index is 13.1. The molecule has 1 fully saturated rings. The van der Waals surface area contributed by atoms with Gasteiger partial charge in [0.15, 0.2) is 6.61 Å². The van der Waals surface area contributed by atoms with Gasteiger partial charge >= 0.3 is 27.4 Å². The average molecular weight is 466 g/mol. The number of ether oxygens (including phenoxy) is 2. The fourth-order valence-corrected chi connectivity index (χ4v) is 3.14. The molecule has 0 aliphatic carbocycles. The molecule has 2 rings (SSSR count). The largest absolute Gasteiger partial charge is 0.458 e. The van der Waals surface area contributed by atoms with Crippen LogP contribution in [-0.4, -0.2) is 59.8 Å². The van der Waals surface area contributed by atoms with Crippen LogP contribution in [0.3, 0.4) is 0 Å². The van der Waals surface area contributed by atoms with Crippen LogP contribution in [0, 0.1) is 16.0 Å². The monoisotopic (exact) mass is 466 g/mol. The molecule has 31 heavy (non-hydrogen) atoms. The zero-order valence-corrected chi connectivity index (χ0v) is 17.1. The quantitative estimate of drug-likeness (QED) is 0.276. The minimum Gasteiger partial charge on any atom is -0.458 e. The number of benzene rings is 1. The molecule has 1 N–H and O–H groups in total. The molecule has 11 nitrogen and oxygen atoms in total. The number of nitro groups is 1. The Labute approximate surface area is 175 Å². The molecule has 14 heteroatoms. The summed E-state index contributed by atoms with van der Waals surface area (Å²) in [6.45, 7) is -0.298. The van der Waals surface area contributed by atoms with Crippen molar-refractivity contribution in [1.29, 1.82) is 0 Å². The van der Waals surface area contributed by atoms with E-state index in [9.17, 15) is 36.9 Å². The van der Waals surface area contributed by atoms with Crippen molar-refractivity contribution in [2.45, 2.75) is 31.1 Å². The van der Waals surface area contributed by atoms with Crippen molar-refractivity contribution in [2.75, 3.05) is 19.7 Å². The Bertz CT molecular complexity index is 947. The van der Waals surface area contributed by atoms with Crippen LogP contribution in [0.4, 0.5) is 19.3 Å². The lowest BCUT2D eigenvalue weighted by atomic mass is 9.97. The summed E-state index contributed by atoms with van der Waals surface area (Å²) in [7, 11) is -5.71. The fourth-order valence-electron chi connectivity index (χ4n) is 2.93. The number of carbonyl (C=O) groups excluding carboxylic acids is 2. The molecule has 0 aromatic heterocycles. The maximum Gasteiger partial charge on any atom is 0.410 e. The van der Waals surface area contributed by atoms with Gasteiger partial charge < -0.3 is 14.4 Å². The van der Waals surface area contributed by atoms with Crippen molar-refractivity contribution >= 4 is 27.9 Å². The predicted molar refractivity (Wildman–Crippen MR) is 99.7 cm³/mol. The minimum absolute atomic E-state index is 0.0247. The van der Waals surface area contributed by atoms with Crippen molar-refractivity contribution in [1.82, 2.24) is 4.90 Å². The zero-order valence-electron chi connectivity index (χ0n) is 16.3. The number of hydrogen-bond acceptors (Lipinski definition) is 8. The average Bonchev–Trinajstić information content (AvgIpc) is 2.71. The molecule has 172 valence electrons. The van der Waals surface area contributed by atoms with E-state index in [1.807, 2.05) is 0 Å². The normalized spacial score (nSPS) is 16.5. The molecule has 1 saturated heterocycles. The van der Waals surface area contributed by atoms with Gasteiger partial charge in [-0.3, -0.25) is 19.5 Å². The van der Waals surface area contributed by atoms with E-state index >= 15 is 0 Å². The van der Waals surface area contributed by atoms with Crippen molar-refractivity contribution < 1.29 is 45.7 Å². The molecule has 1 aliphatic heterocycles. The third kappa shape index (κ3) is 6.07. The second kappa shape index (κ2) is 9.51. The highest BCUT2D eigenvalue weighted by molar-refractivity contribution is 7.86. The smallest absolute Gasteiger partial charge is 0.410 e. The number of hydrogen-bond donors (Lipinski definition) is 1. The Morgan fingerprint density at radius 2 is 1.90 bits per heavy atom. The Morgan fingerprint density at radius 3 is 2.45 bits per heavy atom. The fraction of sp³-hybridized carbons (Fsp3) is 0.529. The molecule has 1 amide bonds. The molecule has 0 spiro atoms. The molecule has 1 aliphatic rings. The van der Waals surface area contributed by atoms with E-state index in [-0.39, 0.29) is 37.2 Å². The highest BCUT2D eigenvalue weighted by atomic mass is 32.2. The number of carbonyl (C=O) groups is 2. The van der Waals surface area contributed by atoms with Gasteiger partial charge in [0.2, 0.25) is 0 Å². The van der Waals surface area contributed by atoms with Gasteiger partial charge in [-0.1, -0.05) is 12.1 Å². The lowest BCUT2D eigenvalue weighted by molar-refractivity contribution is -0.386. The van der Waals surface area contributed by atoms with Crippen LogP contribution < -0.4 is 0 Å². The number of esters is 1. The summed E-state index contributed by atoms with van der Waals surface area (Å²) in [4.78, 5) is 36.0. The second-order valence-corrected chi connectivity index (χ2v) is 8.37. The van der Waals surface area contributed by atoms with E-state index < -0.39 is 51.0 Å². The Balaban J connectivity index is 1.88. The van der Waals surface area contributed by atoms with Crippen LogP contribution in [-0.2, 0) is 24.4 Å². The molecule has 1 aromatic carbocycles. The third-order valence-electron chi connectivity index (χ3n) is 4.70. The van der Waals surface area contributed by atoms with E-state index in [1.54, 1.807) is 6.07 Å². The standard InChI is InChI=1S/C17H20F2N2O9S/c1-11(13-4-2-3-5-14(13)21(24)25)30-16(23)20-8-6-12(7-9-20)15(22)29-10-17(18,19)31(26,27)28/h2-5,11-12H,6-10H2,1H3,(H,26,27,28). The SMILES string of the molecule is CC(OC(=O)N1CCC(C(=O)OCC(F)(F)S(=O)(=O)O)CC1)c1ccccc1[N+](=O)[O-]. The van der Waals surface area contributed by atoms with Crippen LogP contribution in [0.1, 0.15) is 31.4 Å². The van der Waals surface area contributed by atoms with E-state index in [2.05, 4.69) is 4.74 Å². The molecular formula is C17H20F2N2O9S. The second-order valence-electron chi connectivity index (χ2n) is 6.82. The molecule has 1 aromatic rings. The Kier molecular flexibility index (Phi) is 7.49. The number of nitro benzene ring substituents is 1. The highest BCUT2D eigenvalue weighted by Gasteiger charge is 2.46. The first-order valence-corrected chi connectivity index (χ1v) is 10.5. The van der Waals surface area contributed by atoms with Gasteiger partial charge in [0, 0.05) is 19.2 Å². The highest BCUT2D eigenvalue weighted by Crippen LogP contribution is 2.28. The number of piperidine rings is 1. The van der Waals surface area contributed by atoms with Gasteiger partial charge in [-0.25, -0.2) is 4.79 Å². The lowest BCUT2D eigenvalue weighted by Gasteiger charge is -2.31. The Hall–Kier alpha value is -2.87. The van der Waals surface area contributed by atoms with Crippen LogP contribution in [0.15, 0.2) is 24.3 Å². The van der Waals surface area contributed by atoms with Crippen LogP contribution in [0.5, 0.6) is 0 Å². The summed E-state index contributed by atoms with van der Waals surface area (Å²) in [5.74, 6) is -1.93. The summed E-state index contributed by atoms with van der Waals surface area (Å²) in [5, 5.41) is 6.48. The number of likely N-dealkylation sites (tertiary alicyclic amines) is 1. The first-order valence-electron chi connectivity index (χ1n) is 9.04. The summed E-state index contributed by atoms with van der Waals surface area (Å²) >= 11 is 0. The number of para-hydroxylation sites is 1. The van der Waals surface area contributed by atoms with Crippen molar-refractivity contribution in [2.24, 2.45) is 5.92 Å². The summed E-state index contributed by atoms with van der Waals surface area (Å²) in [6.07, 6.45) is -1.59. The van der Waals surface area contributed by atoms with E-state index in [4.69, 9.17) is 9.29 Å². The first-order chi connectivity index (χ1) is 14.3. The topological polar surface area (TPSA) is 153 Å². The van der Waals surface area contributed by atoms with E-state index in [0.29, 0.717) is 0 Å². The number of alkyl halides is 2. The summed E-state index contributed by atoms with van der Waals surface area (Å²) in [6, 6.07) is 5.78. The van der Waals surface area contributed by atoms with E-state index in [0.717, 1.165) is 0 Å². The third-order valence-corrected chi connectivity index (χ3v) is 5.57. The summed E-state index contributed by atoms with van der Waals surface area (Å²) in [5.41, 5.74) is 0.00465. The first kappa shape index (κ1) is 24.4. The number of nitrogens with zero attached hydrogens (tertiary/aromatic N) is 2. The molecule has 1 heterocycles. The van der Waals surface area contributed by atoms with E-state index in [1.165, 1.54) is 30.0 Å². The van der Waals surface area contributed by atoms with Gasteiger partial charge in [0.1, 0.15) is 6.10 Å². The molecule has 0 bridgehead atoms. The zero-order chi connectivity index (χ0) is 23.4. The molecular weight excluding hydrogens is 446 g/mol. The maximum absolute atomic E-state index is 13.1. The van der Waals surface area contributed by atoms with Crippen molar-refractivity contribution in [3.8, 4) is 0 Å². The number of halogens is 2. The van der Waals surface area contributed by atoms with Crippen LogP contribution in [0.25, 0.3) is 0 Å². The van der Waals surface area contributed by atoms with Gasteiger partial charge in [-0.15, -0.1) is 0 Å². The molecule has 0 radical (unpaired) electrons. The van der Waals surface area contributed by atoms with Crippen molar-refractivity contribution in [3.05, 3.63) is 39.9 Å². The van der Waals surface area contributed by atoms with Crippen LogP contribution >= 0.6 is 0 Å². The van der Waals surface area contributed by atoms with Gasteiger partial charge in [-0.05, 0) is 25.8 Å². The molecule has 1 atom stereocenters. The van der Waals surface area contributed by atoms with Gasteiger partial charge in [0.05, 0.1) is 16.4 Å². The number of rotatable bonds is 7. The minimum atomic E-state index is -5.71. The number of amides is 1. The predicted octanol–water partition coefficient (Wildman–Crippen LogP) is 2.53. The lowest BCUT2D eigenvalue weighted by Crippen LogP contribution is -2.42. The summed E-state index contributed by atoms with van der Waals surface area (Å²) < 4.78 is 65.3. The Morgan fingerprint density at radius 1 is 1.32 bits per heavy atom. The van der Waals surface area contributed by atoms with Crippen molar-refractivity contribution in [3.63, 3.8) is 0 Å². The van der Waals surface area contributed by atoms with Gasteiger partial charge in [-0.2, -0.15) is 17.2 Å². The van der Waals surface area contributed by atoms with Crippen LogP contribution in [0.2, 0.25) is 0 Å². The molecule has 1 unspecified atom stereocenters. The van der Waals surface area contributed by atoms with Gasteiger partial charge in [0.25, 0.3) is 5.69 Å². The molecule has 0 saturated carbocycles.